The zero-order valence-corrected chi connectivity index (χ0v) is 20.0. The van der Waals surface area contributed by atoms with Crippen LogP contribution in [0.15, 0.2) is 59.5 Å². The lowest BCUT2D eigenvalue weighted by atomic mass is 10.1. The van der Waals surface area contributed by atoms with E-state index in [1.54, 1.807) is 35.2 Å². The predicted molar refractivity (Wildman–Crippen MR) is 123 cm³/mol. The van der Waals surface area contributed by atoms with Crippen LogP contribution in [0.1, 0.15) is 17.5 Å². The lowest BCUT2D eigenvalue weighted by Crippen LogP contribution is -2.47. The Morgan fingerprint density at radius 2 is 1.57 bits per heavy atom. The van der Waals surface area contributed by atoms with Crippen LogP contribution in [0.5, 0.6) is 0 Å². The summed E-state index contributed by atoms with van der Waals surface area (Å²) < 4.78 is 59.5. The molecule has 0 radical (unpaired) electrons. The molecule has 2 aromatic carbocycles. The van der Waals surface area contributed by atoms with Gasteiger partial charge in [0.15, 0.2) is 0 Å². The first-order valence-electron chi connectivity index (χ1n) is 10.8. The molecule has 12 heteroatoms. The molecule has 1 fully saturated rings. The molecule has 8 nitrogen and oxygen atoms in total. The fourth-order valence-corrected chi connectivity index (χ4v) is 4.67. The average molecular weight is 516 g/mol. The van der Waals surface area contributed by atoms with E-state index in [9.17, 15) is 26.4 Å². The van der Waals surface area contributed by atoms with Gasteiger partial charge in [0.25, 0.3) is 0 Å². The average Bonchev–Trinajstić information content (AvgIpc) is 2.83. The Morgan fingerprint density at radius 1 is 1.03 bits per heavy atom. The smallest absolute Gasteiger partial charge is 0.475 e. The number of alkyl halides is 3. The second-order valence-electron chi connectivity index (χ2n) is 7.82. The number of halogens is 3. The Kier molecular flexibility index (Phi) is 10.2. The summed E-state index contributed by atoms with van der Waals surface area (Å²) in [6.45, 7) is 5.29. The van der Waals surface area contributed by atoms with Gasteiger partial charge in [0.05, 0.1) is 4.90 Å². The van der Waals surface area contributed by atoms with Crippen molar-refractivity contribution in [2.75, 3.05) is 32.7 Å². The van der Waals surface area contributed by atoms with Gasteiger partial charge in [-0.3, -0.25) is 4.79 Å². The number of nitrogens with zero attached hydrogens (tertiary/aromatic N) is 2. The maximum Gasteiger partial charge on any atom is 0.490 e. The molecule has 0 unspecified atom stereocenters. The van der Waals surface area contributed by atoms with E-state index in [4.69, 9.17) is 9.90 Å². The fraction of sp³-hybridized carbons (Fsp3) is 0.391. The van der Waals surface area contributed by atoms with E-state index in [0.717, 1.165) is 24.2 Å². The quantitative estimate of drug-likeness (QED) is 0.587. The number of hydrogen-bond donors (Lipinski definition) is 2. The molecule has 2 aromatic rings. The van der Waals surface area contributed by atoms with Crippen molar-refractivity contribution in [2.24, 2.45) is 0 Å². The minimum atomic E-state index is -5.08. The Labute approximate surface area is 202 Å². The van der Waals surface area contributed by atoms with Crippen LogP contribution in [-0.4, -0.2) is 73.5 Å². The van der Waals surface area contributed by atoms with Gasteiger partial charge in [-0.1, -0.05) is 48.0 Å². The topological polar surface area (TPSA) is 107 Å². The third-order valence-corrected chi connectivity index (χ3v) is 7.01. The Balaban J connectivity index is 0.000000540. The first-order chi connectivity index (χ1) is 16.4. The van der Waals surface area contributed by atoms with Crippen LogP contribution < -0.4 is 5.32 Å². The van der Waals surface area contributed by atoms with Gasteiger partial charge in [0.1, 0.15) is 0 Å². The Hall–Kier alpha value is -2.96. The van der Waals surface area contributed by atoms with Crippen molar-refractivity contribution in [3.05, 3.63) is 65.7 Å². The number of piperazine rings is 1. The summed E-state index contributed by atoms with van der Waals surface area (Å²) in [6.07, 6.45) is -4.90. The molecule has 1 amide bonds. The van der Waals surface area contributed by atoms with Gasteiger partial charge < -0.3 is 15.3 Å². The summed E-state index contributed by atoms with van der Waals surface area (Å²) in [4.78, 5) is 23.5. The number of aryl methyl sites for hydroxylation is 1. The van der Waals surface area contributed by atoms with Gasteiger partial charge in [-0.05, 0) is 24.6 Å². The number of aliphatic carboxylic acids is 1. The van der Waals surface area contributed by atoms with Gasteiger partial charge in [-0.15, -0.1) is 0 Å². The van der Waals surface area contributed by atoms with Crippen molar-refractivity contribution >= 4 is 21.9 Å². The van der Waals surface area contributed by atoms with Crippen molar-refractivity contribution in [3.8, 4) is 0 Å². The normalized spacial score (nSPS) is 14.3. The minimum Gasteiger partial charge on any atom is -0.475 e. The number of sulfonamides is 1. The van der Waals surface area contributed by atoms with E-state index in [-0.39, 0.29) is 30.3 Å². The van der Waals surface area contributed by atoms with Crippen molar-refractivity contribution in [3.63, 3.8) is 0 Å². The van der Waals surface area contributed by atoms with Gasteiger partial charge >= 0.3 is 12.1 Å². The van der Waals surface area contributed by atoms with Crippen molar-refractivity contribution in [1.29, 1.82) is 0 Å². The van der Waals surface area contributed by atoms with E-state index in [0.29, 0.717) is 13.1 Å². The first-order valence-corrected chi connectivity index (χ1v) is 12.2. The Bertz CT molecular complexity index is 1070. The molecule has 2 N–H and O–H groups in total. The molecule has 0 atom stereocenters. The summed E-state index contributed by atoms with van der Waals surface area (Å²) in [7, 11) is -3.69. The summed E-state index contributed by atoms with van der Waals surface area (Å²) in [5.74, 6) is -2.76. The standard InChI is InChI=1S/C21H27N3O3S.C2HF3O2/c1-18-7-9-19(10-8-18)17-24(28(26,27)20-5-3-2-4-6-20)14-11-21(25)23-15-12-22-13-16-23;3-2(4,5)1(6)7/h2-10,22H,11-17H2,1H3;(H,6,7). The SMILES string of the molecule is Cc1ccc(CN(CCC(=O)N2CCNCC2)S(=O)(=O)c2ccccc2)cc1.O=C(O)C(F)(F)F. The van der Waals surface area contributed by atoms with Crippen LogP contribution in [-0.2, 0) is 26.2 Å². The molecule has 3 rings (SSSR count). The Morgan fingerprint density at radius 3 is 2.09 bits per heavy atom. The highest BCUT2D eigenvalue weighted by Gasteiger charge is 2.38. The van der Waals surface area contributed by atoms with Gasteiger partial charge in [0.2, 0.25) is 15.9 Å². The van der Waals surface area contributed by atoms with Crippen LogP contribution in [0.25, 0.3) is 0 Å². The second kappa shape index (κ2) is 12.7. The number of nitrogens with one attached hydrogen (secondary N) is 1. The number of carboxylic acids is 1. The zero-order chi connectivity index (χ0) is 26.1. The summed E-state index contributed by atoms with van der Waals surface area (Å²) >= 11 is 0. The van der Waals surface area contributed by atoms with E-state index in [1.807, 2.05) is 31.2 Å². The number of rotatable bonds is 7. The first kappa shape index (κ1) is 28.3. The maximum atomic E-state index is 13.2. The lowest BCUT2D eigenvalue weighted by Gasteiger charge is -2.29. The van der Waals surface area contributed by atoms with Gasteiger partial charge in [-0.25, -0.2) is 13.2 Å². The molecule has 1 heterocycles. The highest BCUT2D eigenvalue weighted by atomic mass is 32.2. The zero-order valence-electron chi connectivity index (χ0n) is 19.2. The van der Waals surface area contributed by atoms with E-state index in [2.05, 4.69) is 5.32 Å². The van der Waals surface area contributed by atoms with Crippen LogP contribution >= 0.6 is 0 Å². The highest BCUT2D eigenvalue weighted by Crippen LogP contribution is 2.19. The molecule has 35 heavy (non-hydrogen) atoms. The maximum absolute atomic E-state index is 13.2. The number of carbonyl (C=O) groups excluding carboxylic acids is 1. The summed E-state index contributed by atoms with van der Waals surface area (Å²) in [5.41, 5.74) is 2.02. The van der Waals surface area contributed by atoms with Gasteiger partial charge in [-0.2, -0.15) is 17.5 Å². The number of benzene rings is 2. The van der Waals surface area contributed by atoms with Gasteiger partial charge in [0, 0.05) is 45.7 Å². The summed E-state index contributed by atoms with van der Waals surface area (Å²) in [6, 6.07) is 16.2. The second-order valence-corrected chi connectivity index (χ2v) is 9.76. The van der Waals surface area contributed by atoms with Crippen molar-refractivity contribution in [2.45, 2.75) is 31.0 Å². The molecule has 1 saturated heterocycles. The molecular formula is C23H28F3N3O5S. The molecule has 1 aliphatic rings. The predicted octanol–water partition coefficient (Wildman–Crippen LogP) is 2.64. The highest BCUT2D eigenvalue weighted by molar-refractivity contribution is 7.89. The molecular weight excluding hydrogens is 487 g/mol. The van der Waals surface area contributed by atoms with Crippen LogP contribution in [0.3, 0.4) is 0 Å². The van der Waals surface area contributed by atoms with Crippen LogP contribution in [0.4, 0.5) is 13.2 Å². The number of amides is 1. The van der Waals surface area contributed by atoms with Crippen molar-refractivity contribution in [1.82, 2.24) is 14.5 Å². The van der Waals surface area contributed by atoms with E-state index < -0.39 is 22.2 Å². The lowest BCUT2D eigenvalue weighted by molar-refractivity contribution is -0.192. The third kappa shape index (κ3) is 8.96. The molecule has 0 aliphatic carbocycles. The minimum absolute atomic E-state index is 0.00123. The van der Waals surface area contributed by atoms with E-state index in [1.165, 1.54) is 4.31 Å². The molecule has 0 bridgehead atoms. The number of carbonyl (C=O) groups is 2. The third-order valence-electron chi connectivity index (χ3n) is 5.15. The molecule has 1 aliphatic heterocycles. The van der Waals surface area contributed by atoms with Crippen molar-refractivity contribution < 1.29 is 36.3 Å². The summed E-state index contributed by atoms with van der Waals surface area (Å²) in [5, 5.41) is 10.3. The molecule has 192 valence electrons. The molecule has 0 aromatic heterocycles. The number of hydrogen-bond acceptors (Lipinski definition) is 5. The molecule has 0 spiro atoms. The number of carboxylic acid groups (broad SMARTS) is 1. The van der Waals surface area contributed by atoms with Crippen LogP contribution in [0.2, 0.25) is 0 Å². The fourth-order valence-electron chi connectivity index (χ4n) is 3.22. The monoisotopic (exact) mass is 515 g/mol. The van der Waals surface area contributed by atoms with E-state index >= 15 is 0 Å². The van der Waals surface area contributed by atoms with Crippen LogP contribution in [0, 0.1) is 6.92 Å². The largest absolute Gasteiger partial charge is 0.490 e. The molecule has 0 saturated carbocycles.